The molecule has 0 saturated carbocycles. The lowest BCUT2D eigenvalue weighted by Crippen LogP contribution is -2.12. The Bertz CT molecular complexity index is 628. The van der Waals surface area contributed by atoms with Crippen LogP contribution in [0, 0.1) is 0 Å². The van der Waals surface area contributed by atoms with Gasteiger partial charge in [0.2, 0.25) is 0 Å². The highest BCUT2D eigenvalue weighted by atomic mass is 35.5. The van der Waals surface area contributed by atoms with Gasteiger partial charge < -0.3 is 10.1 Å². The summed E-state index contributed by atoms with van der Waals surface area (Å²) in [6, 6.07) is 7.96. The van der Waals surface area contributed by atoms with Crippen molar-refractivity contribution in [2.45, 2.75) is 20.1 Å². The molecular formula is C14H16ClN3O2. The summed E-state index contributed by atoms with van der Waals surface area (Å²) < 4.78 is 5.43. The third kappa shape index (κ3) is 3.59. The average Bonchev–Trinajstić information content (AvgIpc) is 2.47. The minimum Gasteiger partial charge on any atom is -0.378 e. The van der Waals surface area contributed by atoms with Crippen LogP contribution in [0.4, 0.5) is 5.69 Å². The van der Waals surface area contributed by atoms with E-state index < -0.39 is 5.56 Å². The van der Waals surface area contributed by atoms with E-state index in [9.17, 15) is 4.79 Å². The Morgan fingerprint density at radius 1 is 1.35 bits per heavy atom. The van der Waals surface area contributed by atoms with Crippen molar-refractivity contribution in [3.63, 3.8) is 0 Å². The fraction of sp³-hybridized carbons (Fsp3) is 0.286. The van der Waals surface area contributed by atoms with Crippen LogP contribution in [0.5, 0.6) is 0 Å². The first-order valence-electron chi connectivity index (χ1n) is 6.34. The number of anilines is 1. The Labute approximate surface area is 121 Å². The number of rotatable bonds is 6. The molecule has 0 aliphatic heterocycles. The van der Waals surface area contributed by atoms with E-state index in [1.165, 1.54) is 6.20 Å². The van der Waals surface area contributed by atoms with Gasteiger partial charge in [-0.3, -0.25) is 4.79 Å². The number of hydrogen-bond donors (Lipinski definition) is 2. The van der Waals surface area contributed by atoms with Crippen LogP contribution in [0.2, 0.25) is 5.02 Å². The summed E-state index contributed by atoms with van der Waals surface area (Å²) in [7, 11) is 0. The fourth-order valence-electron chi connectivity index (χ4n) is 1.78. The van der Waals surface area contributed by atoms with Gasteiger partial charge >= 0.3 is 0 Å². The number of nitrogens with one attached hydrogen (secondary N) is 2. The number of aromatic amines is 1. The minimum atomic E-state index is -0.403. The van der Waals surface area contributed by atoms with Crippen LogP contribution in [-0.4, -0.2) is 16.8 Å². The van der Waals surface area contributed by atoms with Crippen LogP contribution in [0.25, 0.3) is 0 Å². The monoisotopic (exact) mass is 293 g/mol. The summed E-state index contributed by atoms with van der Waals surface area (Å²) in [6.45, 7) is 3.75. The highest BCUT2D eigenvalue weighted by Gasteiger charge is 2.06. The van der Waals surface area contributed by atoms with Crippen molar-refractivity contribution in [1.82, 2.24) is 10.2 Å². The molecule has 1 aromatic heterocycles. The topological polar surface area (TPSA) is 67.0 Å². The Kier molecular flexibility index (Phi) is 5.15. The van der Waals surface area contributed by atoms with Crippen LogP contribution >= 0.6 is 11.6 Å². The molecule has 0 aliphatic carbocycles. The van der Waals surface area contributed by atoms with Gasteiger partial charge in [-0.25, -0.2) is 5.10 Å². The molecule has 0 saturated heterocycles. The second-order valence-corrected chi connectivity index (χ2v) is 4.56. The second-order valence-electron chi connectivity index (χ2n) is 4.19. The fourth-order valence-corrected chi connectivity index (χ4v) is 1.94. The van der Waals surface area contributed by atoms with Gasteiger partial charge in [0.1, 0.15) is 5.02 Å². The van der Waals surface area contributed by atoms with E-state index >= 15 is 0 Å². The molecule has 1 heterocycles. The Morgan fingerprint density at radius 2 is 2.10 bits per heavy atom. The van der Waals surface area contributed by atoms with Gasteiger partial charge in [0, 0.05) is 13.2 Å². The first kappa shape index (κ1) is 14.6. The third-order valence-corrected chi connectivity index (χ3v) is 3.22. The molecule has 0 atom stereocenters. The number of nitrogens with zero attached hydrogens (tertiary/aromatic N) is 1. The van der Waals surface area contributed by atoms with Crippen molar-refractivity contribution in [1.29, 1.82) is 0 Å². The maximum absolute atomic E-state index is 11.3. The van der Waals surface area contributed by atoms with Crippen molar-refractivity contribution >= 4 is 17.3 Å². The molecule has 0 aliphatic rings. The molecule has 0 fully saturated rings. The molecule has 0 radical (unpaired) electrons. The maximum atomic E-state index is 11.3. The van der Waals surface area contributed by atoms with Crippen molar-refractivity contribution in [3.8, 4) is 0 Å². The summed E-state index contributed by atoms with van der Waals surface area (Å²) in [5.74, 6) is 0. The molecule has 0 spiro atoms. The van der Waals surface area contributed by atoms with Gasteiger partial charge in [-0.1, -0.05) is 35.9 Å². The van der Waals surface area contributed by atoms with Crippen LogP contribution in [0.3, 0.4) is 0 Å². The number of halogens is 1. The zero-order chi connectivity index (χ0) is 14.4. The van der Waals surface area contributed by atoms with Crippen molar-refractivity contribution in [3.05, 3.63) is 57.0 Å². The molecule has 106 valence electrons. The quantitative estimate of drug-likeness (QED) is 0.859. The predicted molar refractivity (Wildman–Crippen MR) is 79.0 cm³/mol. The number of H-pyrrole nitrogens is 1. The zero-order valence-corrected chi connectivity index (χ0v) is 11.9. The standard InChI is InChI=1S/C14H16ClN3O2/c1-2-20-9-11-6-4-3-5-10(11)7-16-12-8-17-18-14(19)13(12)15/h3-6,8H,2,7,9H2,1H3,(H2,16,18,19). The molecular weight excluding hydrogens is 278 g/mol. The number of hydrogen-bond acceptors (Lipinski definition) is 4. The lowest BCUT2D eigenvalue weighted by molar-refractivity contribution is 0.133. The van der Waals surface area contributed by atoms with E-state index in [-0.39, 0.29) is 5.02 Å². The maximum Gasteiger partial charge on any atom is 0.285 e. The van der Waals surface area contributed by atoms with Gasteiger partial charge in [0.25, 0.3) is 5.56 Å². The molecule has 2 aromatic rings. The summed E-state index contributed by atoms with van der Waals surface area (Å²) in [6.07, 6.45) is 1.49. The Balaban J connectivity index is 2.11. The Hall–Kier alpha value is -1.85. The summed E-state index contributed by atoms with van der Waals surface area (Å²) >= 11 is 5.91. The number of aromatic nitrogens is 2. The van der Waals surface area contributed by atoms with Crippen molar-refractivity contribution < 1.29 is 4.74 Å². The normalized spacial score (nSPS) is 10.5. The van der Waals surface area contributed by atoms with Gasteiger partial charge in [-0.15, -0.1) is 0 Å². The molecule has 5 nitrogen and oxygen atoms in total. The molecule has 0 unspecified atom stereocenters. The molecule has 2 rings (SSSR count). The van der Waals surface area contributed by atoms with Crippen LogP contribution in [-0.2, 0) is 17.9 Å². The minimum absolute atomic E-state index is 0.113. The molecule has 0 bridgehead atoms. The zero-order valence-electron chi connectivity index (χ0n) is 11.1. The van der Waals surface area contributed by atoms with Crippen LogP contribution in [0.1, 0.15) is 18.1 Å². The van der Waals surface area contributed by atoms with Crippen molar-refractivity contribution in [2.24, 2.45) is 0 Å². The van der Waals surface area contributed by atoms with Crippen LogP contribution < -0.4 is 10.9 Å². The molecule has 1 aromatic carbocycles. The van der Waals surface area contributed by atoms with Crippen molar-refractivity contribution in [2.75, 3.05) is 11.9 Å². The Morgan fingerprint density at radius 3 is 2.85 bits per heavy atom. The van der Waals surface area contributed by atoms with Gasteiger partial charge in [-0.2, -0.15) is 5.10 Å². The third-order valence-electron chi connectivity index (χ3n) is 2.84. The first-order valence-corrected chi connectivity index (χ1v) is 6.71. The lowest BCUT2D eigenvalue weighted by Gasteiger charge is -2.11. The average molecular weight is 294 g/mol. The SMILES string of the molecule is CCOCc1ccccc1CNc1cn[nH]c(=O)c1Cl. The van der Waals surface area contributed by atoms with E-state index in [0.29, 0.717) is 25.4 Å². The van der Waals surface area contributed by atoms with E-state index in [1.807, 2.05) is 31.2 Å². The summed E-state index contributed by atoms with van der Waals surface area (Å²) in [5, 5.41) is 9.23. The molecule has 2 N–H and O–H groups in total. The second kappa shape index (κ2) is 7.07. The van der Waals surface area contributed by atoms with E-state index in [2.05, 4.69) is 15.5 Å². The first-order chi connectivity index (χ1) is 9.72. The van der Waals surface area contributed by atoms with E-state index in [4.69, 9.17) is 16.3 Å². The highest BCUT2D eigenvalue weighted by Crippen LogP contribution is 2.17. The van der Waals surface area contributed by atoms with Gasteiger partial charge in [0.05, 0.1) is 18.5 Å². The predicted octanol–water partition coefficient (Wildman–Crippen LogP) is 2.57. The summed E-state index contributed by atoms with van der Waals surface area (Å²) in [4.78, 5) is 11.3. The molecule has 0 amide bonds. The highest BCUT2D eigenvalue weighted by molar-refractivity contribution is 6.32. The molecule has 20 heavy (non-hydrogen) atoms. The smallest absolute Gasteiger partial charge is 0.285 e. The lowest BCUT2D eigenvalue weighted by atomic mass is 10.1. The van der Waals surface area contributed by atoms with Gasteiger partial charge in [-0.05, 0) is 18.1 Å². The van der Waals surface area contributed by atoms with Crippen LogP contribution in [0.15, 0.2) is 35.3 Å². The van der Waals surface area contributed by atoms with Gasteiger partial charge in [0.15, 0.2) is 0 Å². The van der Waals surface area contributed by atoms with E-state index in [0.717, 1.165) is 11.1 Å². The van der Waals surface area contributed by atoms with E-state index in [1.54, 1.807) is 0 Å². The number of benzene rings is 1. The number of ether oxygens (including phenoxy) is 1. The molecule has 6 heteroatoms. The largest absolute Gasteiger partial charge is 0.378 e. The summed E-state index contributed by atoms with van der Waals surface area (Å²) in [5.41, 5.74) is 2.31.